The number of benzene rings is 1. The van der Waals surface area contributed by atoms with Gasteiger partial charge in [-0.15, -0.1) is 11.3 Å². The molecule has 1 N–H and O–H groups in total. The number of hydrogen-bond acceptors (Lipinski definition) is 3. The van der Waals surface area contributed by atoms with E-state index in [-0.39, 0.29) is 5.56 Å². The lowest BCUT2D eigenvalue weighted by Gasteiger charge is -1.99. The zero-order valence-corrected chi connectivity index (χ0v) is 10.4. The molecule has 17 heavy (non-hydrogen) atoms. The molecule has 0 spiro atoms. The fourth-order valence-corrected chi connectivity index (χ4v) is 2.68. The van der Waals surface area contributed by atoms with Crippen molar-refractivity contribution in [2.24, 2.45) is 0 Å². The highest BCUT2D eigenvalue weighted by atomic mass is 32.1. The maximum Gasteiger partial charge on any atom is 0.136 e. The lowest BCUT2D eigenvalue weighted by atomic mass is 10.2. The Morgan fingerprint density at radius 1 is 1.29 bits per heavy atom. The van der Waals surface area contributed by atoms with Crippen molar-refractivity contribution >= 4 is 11.3 Å². The molecule has 1 heterocycles. The molecule has 1 aromatic carbocycles. The van der Waals surface area contributed by atoms with Crippen LogP contribution < -0.4 is 5.32 Å². The molecule has 1 aromatic heterocycles. The van der Waals surface area contributed by atoms with Crippen LogP contribution in [0.4, 0.5) is 8.78 Å². The summed E-state index contributed by atoms with van der Waals surface area (Å²) >= 11 is 1.31. The summed E-state index contributed by atoms with van der Waals surface area (Å²) in [7, 11) is 1.82. The molecule has 0 unspecified atom stereocenters. The van der Waals surface area contributed by atoms with Crippen molar-refractivity contribution in [3.8, 4) is 10.6 Å². The number of aromatic nitrogens is 1. The highest BCUT2D eigenvalue weighted by molar-refractivity contribution is 7.15. The first-order valence-corrected chi connectivity index (χ1v) is 6.00. The molecule has 0 fully saturated rings. The summed E-state index contributed by atoms with van der Waals surface area (Å²) in [6.07, 6.45) is 0. The fraction of sp³-hybridized carbons (Fsp3) is 0.250. The van der Waals surface area contributed by atoms with Gasteiger partial charge in [0.05, 0.1) is 11.3 Å². The van der Waals surface area contributed by atoms with Crippen LogP contribution in [0.1, 0.15) is 10.6 Å². The summed E-state index contributed by atoms with van der Waals surface area (Å²) in [5, 5.41) is 3.39. The summed E-state index contributed by atoms with van der Waals surface area (Å²) in [5.41, 5.74) is 0.768. The molecule has 90 valence electrons. The van der Waals surface area contributed by atoms with Crippen molar-refractivity contribution in [3.05, 3.63) is 40.4 Å². The van der Waals surface area contributed by atoms with Gasteiger partial charge in [0.25, 0.3) is 0 Å². The quantitative estimate of drug-likeness (QED) is 0.910. The van der Waals surface area contributed by atoms with Crippen LogP contribution in [0.5, 0.6) is 0 Å². The molecule has 2 rings (SSSR count). The minimum atomic E-state index is -0.574. The number of nitrogens with one attached hydrogen (secondary N) is 1. The van der Waals surface area contributed by atoms with Gasteiger partial charge < -0.3 is 5.32 Å². The zero-order valence-electron chi connectivity index (χ0n) is 9.55. The van der Waals surface area contributed by atoms with Crippen LogP contribution in [0.25, 0.3) is 10.6 Å². The first-order valence-electron chi connectivity index (χ1n) is 5.18. The van der Waals surface area contributed by atoms with Crippen LogP contribution in [-0.2, 0) is 6.54 Å². The van der Waals surface area contributed by atoms with E-state index >= 15 is 0 Å². The highest BCUT2D eigenvalue weighted by Crippen LogP contribution is 2.31. The number of hydrogen-bond donors (Lipinski definition) is 1. The van der Waals surface area contributed by atoms with Crippen molar-refractivity contribution in [2.45, 2.75) is 13.5 Å². The predicted molar refractivity (Wildman–Crippen MR) is 65.0 cm³/mol. The summed E-state index contributed by atoms with van der Waals surface area (Å²) in [6.45, 7) is 2.49. The van der Waals surface area contributed by atoms with Crippen molar-refractivity contribution in [1.82, 2.24) is 10.3 Å². The Bertz CT molecular complexity index is 517. The molecule has 2 aromatic rings. The van der Waals surface area contributed by atoms with E-state index in [0.717, 1.165) is 10.6 Å². The van der Waals surface area contributed by atoms with Crippen LogP contribution in [0, 0.1) is 18.6 Å². The Morgan fingerprint density at radius 2 is 1.94 bits per heavy atom. The van der Waals surface area contributed by atoms with Crippen LogP contribution in [0.2, 0.25) is 0 Å². The lowest BCUT2D eigenvalue weighted by molar-refractivity contribution is 0.589. The molecule has 0 aliphatic rings. The summed E-state index contributed by atoms with van der Waals surface area (Å²) in [5.74, 6) is -1.15. The number of thiazole rings is 1. The van der Waals surface area contributed by atoms with Gasteiger partial charge in [-0.25, -0.2) is 13.8 Å². The zero-order chi connectivity index (χ0) is 12.4. The molecular weight excluding hydrogens is 242 g/mol. The molecule has 0 bridgehead atoms. The van der Waals surface area contributed by atoms with Crippen molar-refractivity contribution in [3.63, 3.8) is 0 Å². The minimum absolute atomic E-state index is 0.0389. The summed E-state index contributed by atoms with van der Waals surface area (Å²) in [4.78, 5) is 5.21. The maximum atomic E-state index is 13.6. The standard InChI is InChI=1S/C12H12F2N2S/c1-7-10(6-15-2)17-12(16-7)11-8(13)4-3-5-9(11)14/h3-5,15H,6H2,1-2H3. The number of rotatable bonds is 3. The normalized spacial score (nSPS) is 10.8. The largest absolute Gasteiger partial charge is 0.315 e. The highest BCUT2D eigenvalue weighted by Gasteiger charge is 2.16. The summed E-state index contributed by atoms with van der Waals surface area (Å²) in [6, 6.07) is 3.84. The number of aryl methyl sites for hydroxylation is 1. The van der Waals surface area contributed by atoms with E-state index in [1.165, 1.54) is 29.5 Å². The van der Waals surface area contributed by atoms with Gasteiger partial charge >= 0.3 is 0 Å². The molecule has 0 amide bonds. The Kier molecular flexibility index (Phi) is 3.49. The Morgan fingerprint density at radius 3 is 2.53 bits per heavy atom. The van der Waals surface area contributed by atoms with E-state index in [2.05, 4.69) is 10.3 Å². The monoisotopic (exact) mass is 254 g/mol. The van der Waals surface area contributed by atoms with Crippen LogP contribution in [0.3, 0.4) is 0 Å². The average Bonchev–Trinajstić information content (AvgIpc) is 2.60. The number of halogens is 2. The van der Waals surface area contributed by atoms with E-state index in [9.17, 15) is 8.78 Å². The SMILES string of the molecule is CNCc1sc(-c2c(F)cccc2F)nc1C. The van der Waals surface area contributed by atoms with Gasteiger partial charge in [-0.3, -0.25) is 0 Å². The second-order valence-corrected chi connectivity index (χ2v) is 4.74. The number of nitrogens with zero attached hydrogens (tertiary/aromatic N) is 1. The van der Waals surface area contributed by atoms with Crippen LogP contribution in [0.15, 0.2) is 18.2 Å². The fourth-order valence-electron chi connectivity index (χ4n) is 1.56. The second-order valence-electron chi connectivity index (χ2n) is 3.65. The van der Waals surface area contributed by atoms with Crippen molar-refractivity contribution in [2.75, 3.05) is 7.05 Å². The topological polar surface area (TPSA) is 24.9 Å². The van der Waals surface area contributed by atoms with Gasteiger partial charge in [-0.1, -0.05) is 6.07 Å². The van der Waals surface area contributed by atoms with E-state index in [4.69, 9.17) is 0 Å². The summed E-state index contributed by atoms with van der Waals surface area (Å²) < 4.78 is 27.1. The van der Waals surface area contributed by atoms with E-state index < -0.39 is 11.6 Å². The van der Waals surface area contributed by atoms with E-state index in [1.807, 2.05) is 14.0 Å². The lowest BCUT2D eigenvalue weighted by Crippen LogP contribution is -2.04. The van der Waals surface area contributed by atoms with Crippen LogP contribution >= 0.6 is 11.3 Å². The third kappa shape index (κ3) is 2.35. The van der Waals surface area contributed by atoms with Gasteiger partial charge in [-0.05, 0) is 26.1 Å². The second kappa shape index (κ2) is 4.89. The minimum Gasteiger partial charge on any atom is -0.315 e. The predicted octanol–water partition coefficient (Wildman–Crippen LogP) is 3.12. The molecule has 0 atom stereocenters. The third-order valence-corrected chi connectivity index (χ3v) is 3.58. The maximum absolute atomic E-state index is 13.6. The smallest absolute Gasteiger partial charge is 0.136 e. The Balaban J connectivity index is 2.50. The molecule has 0 aliphatic heterocycles. The molecular formula is C12H12F2N2S. The van der Waals surface area contributed by atoms with Gasteiger partial charge in [-0.2, -0.15) is 0 Å². The first-order chi connectivity index (χ1) is 8.13. The average molecular weight is 254 g/mol. The Hall–Kier alpha value is -1.33. The Labute approximate surface area is 102 Å². The van der Waals surface area contributed by atoms with Crippen LogP contribution in [-0.4, -0.2) is 12.0 Å². The molecule has 0 saturated carbocycles. The molecule has 0 aliphatic carbocycles. The van der Waals surface area contributed by atoms with Gasteiger partial charge in [0.15, 0.2) is 0 Å². The molecule has 0 saturated heterocycles. The van der Waals surface area contributed by atoms with Crippen molar-refractivity contribution in [1.29, 1.82) is 0 Å². The van der Waals surface area contributed by atoms with E-state index in [0.29, 0.717) is 11.6 Å². The van der Waals surface area contributed by atoms with Gasteiger partial charge in [0.1, 0.15) is 16.6 Å². The molecule has 0 radical (unpaired) electrons. The molecule has 5 heteroatoms. The third-order valence-electron chi connectivity index (χ3n) is 2.41. The first kappa shape index (κ1) is 12.1. The van der Waals surface area contributed by atoms with Crippen molar-refractivity contribution < 1.29 is 8.78 Å². The molecule has 2 nitrogen and oxygen atoms in total. The van der Waals surface area contributed by atoms with Gasteiger partial charge in [0, 0.05) is 11.4 Å². The van der Waals surface area contributed by atoms with E-state index in [1.54, 1.807) is 0 Å². The van der Waals surface area contributed by atoms with Gasteiger partial charge in [0.2, 0.25) is 0 Å².